The van der Waals surface area contributed by atoms with Crippen LogP contribution in [0.1, 0.15) is 30.1 Å². The van der Waals surface area contributed by atoms with Crippen LogP contribution in [-0.4, -0.2) is 12.1 Å². The van der Waals surface area contributed by atoms with E-state index >= 15 is 0 Å². The molecule has 5 heteroatoms. The lowest BCUT2D eigenvalue weighted by molar-refractivity contribution is 0.0955. The molecule has 1 rings (SSSR count). The maximum atomic E-state index is 11.6. The number of hydrazone groups is 1. The second kappa shape index (κ2) is 6.51. The van der Waals surface area contributed by atoms with Crippen molar-refractivity contribution in [2.75, 3.05) is 0 Å². The average molecular weight is 259 g/mol. The molecule has 0 saturated carbocycles. The number of amides is 1. The van der Waals surface area contributed by atoms with Crippen LogP contribution in [0.3, 0.4) is 0 Å². The summed E-state index contributed by atoms with van der Waals surface area (Å²) >= 11 is 11.6. The Balaban J connectivity index is 2.66. The van der Waals surface area contributed by atoms with Crippen molar-refractivity contribution >= 4 is 35.3 Å². The fraction of sp³-hybridized carbons (Fsp3) is 0.273. The van der Waals surface area contributed by atoms with Crippen molar-refractivity contribution in [2.24, 2.45) is 5.10 Å². The van der Waals surface area contributed by atoms with Crippen LogP contribution in [0.25, 0.3) is 0 Å². The van der Waals surface area contributed by atoms with Gasteiger partial charge >= 0.3 is 0 Å². The highest BCUT2D eigenvalue weighted by Crippen LogP contribution is 2.20. The molecular formula is C11H12Cl2N2O. The number of nitrogens with zero attached hydrogens (tertiary/aromatic N) is 1. The van der Waals surface area contributed by atoms with E-state index in [9.17, 15) is 4.79 Å². The molecule has 1 N–H and O–H groups in total. The number of carbonyl (C=O) groups is 1. The minimum absolute atomic E-state index is 0.315. The van der Waals surface area contributed by atoms with Gasteiger partial charge in [-0.3, -0.25) is 4.79 Å². The summed E-state index contributed by atoms with van der Waals surface area (Å²) in [5.74, 6) is -0.339. The largest absolute Gasteiger partial charge is 0.272 e. The van der Waals surface area contributed by atoms with Gasteiger partial charge in [-0.2, -0.15) is 5.10 Å². The summed E-state index contributed by atoms with van der Waals surface area (Å²) in [5.41, 5.74) is 2.76. The lowest BCUT2D eigenvalue weighted by Gasteiger charge is -2.02. The zero-order valence-electron chi connectivity index (χ0n) is 8.84. The Labute approximate surface area is 104 Å². The fourth-order valence-corrected chi connectivity index (χ4v) is 1.53. The molecule has 0 bridgehead atoms. The monoisotopic (exact) mass is 258 g/mol. The van der Waals surface area contributed by atoms with Gasteiger partial charge in [-0.15, -0.1) is 0 Å². The van der Waals surface area contributed by atoms with E-state index in [1.165, 1.54) is 6.07 Å². The molecule has 1 aromatic carbocycles. The first-order valence-electron chi connectivity index (χ1n) is 4.92. The lowest BCUT2D eigenvalue weighted by Crippen LogP contribution is -2.17. The Hall–Kier alpha value is -1.06. The standard InChI is InChI=1S/C11H12Cl2N2O/c1-2-3-6-14-15-11(16)9-5-4-8(12)7-10(9)13/h4-7H,2-3H2,1H3,(H,15,16)/b14-6+. The van der Waals surface area contributed by atoms with E-state index in [0.29, 0.717) is 15.6 Å². The van der Waals surface area contributed by atoms with Crippen molar-refractivity contribution in [3.8, 4) is 0 Å². The van der Waals surface area contributed by atoms with Gasteiger partial charge in [0.25, 0.3) is 5.91 Å². The van der Waals surface area contributed by atoms with Crippen molar-refractivity contribution in [1.82, 2.24) is 5.43 Å². The third-order valence-corrected chi connectivity index (χ3v) is 2.40. The van der Waals surface area contributed by atoms with Crippen molar-refractivity contribution < 1.29 is 4.79 Å². The molecule has 0 radical (unpaired) electrons. The van der Waals surface area contributed by atoms with E-state index in [0.717, 1.165) is 12.8 Å². The normalized spacial score (nSPS) is 10.7. The summed E-state index contributed by atoms with van der Waals surface area (Å²) in [5, 5.41) is 4.60. The number of hydrogen-bond acceptors (Lipinski definition) is 2. The highest BCUT2D eigenvalue weighted by molar-refractivity contribution is 6.36. The smallest absolute Gasteiger partial charge is 0.267 e. The topological polar surface area (TPSA) is 41.5 Å². The second-order valence-corrected chi connectivity index (χ2v) is 4.01. The summed E-state index contributed by atoms with van der Waals surface area (Å²) in [6.45, 7) is 2.03. The van der Waals surface area contributed by atoms with Crippen LogP contribution in [0.15, 0.2) is 23.3 Å². The summed E-state index contributed by atoms with van der Waals surface area (Å²) in [6.07, 6.45) is 3.47. The summed E-state index contributed by atoms with van der Waals surface area (Å²) < 4.78 is 0. The van der Waals surface area contributed by atoms with Crippen molar-refractivity contribution in [3.05, 3.63) is 33.8 Å². The molecule has 0 aliphatic heterocycles. The minimum Gasteiger partial charge on any atom is -0.267 e. The zero-order chi connectivity index (χ0) is 12.0. The SMILES string of the molecule is CCC/C=N/NC(=O)c1ccc(Cl)cc1Cl. The number of unbranched alkanes of at least 4 members (excludes halogenated alkanes) is 1. The third-order valence-electron chi connectivity index (χ3n) is 1.85. The van der Waals surface area contributed by atoms with Gasteiger partial charge in [-0.05, 0) is 24.6 Å². The van der Waals surface area contributed by atoms with Crippen LogP contribution in [0, 0.1) is 0 Å². The number of rotatable bonds is 4. The molecule has 0 spiro atoms. The second-order valence-electron chi connectivity index (χ2n) is 3.17. The quantitative estimate of drug-likeness (QED) is 0.652. The van der Waals surface area contributed by atoms with Gasteiger partial charge in [0.2, 0.25) is 0 Å². The van der Waals surface area contributed by atoms with E-state index in [1.807, 2.05) is 6.92 Å². The molecule has 0 heterocycles. The van der Waals surface area contributed by atoms with E-state index in [4.69, 9.17) is 23.2 Å². The molecule has 0 aromatic heterocycles. The first-order chi connectivity index (χ1) is 7.65. The van der Waals surface area contributed by atoms with Gasteiger partial charge in [0, 0.05) is 11.2 Å². The van der Waals surface area contributed by atoms with Gasteiger partial charge in [0.1, 0.15) is 0 Å². The van der Waals surface area contributed by atoms with Crippen LogP contribution in [0.5, 0.6) is 0 Å². The molecule has 0 fully saturated rings. The Morgan fingerprint density at radius 3 is 2.88 bits per heavy atom. The highest BCUT2D eigenvalue weighted by Gasteiger charge is 2.09. The summed E-state index contributed by atoms with van der Waals surface area (Å²) in [4.78, 5) is 11.6. The third kappa shape index (κ3) is 3.83. The van der Waals surface area contributed by atoms with Crippen LogP contribution < -0.4 is 5.43 Å². The summed E-state index contributed by atoms with van der Waals surface area (Å²) in [7, 11) is 0. The number of carbonyl (C=O) groups excluding carboxylic acids is 1. The number of nitrogens with one attached hydrogen (secondary N) is 1. The van der Waals surface area contributed by atoms with Crippen molar-refractivity contribution in [1.29, 1.82) is 0 Å². The first kappa shape index (κ1) is 13.0. The van der Waals surface area contributed by atoms with E-state index in [1.54, 1.807) is 18.3 Å². The maximum Gasteiger partial charge on any atom is 0.272 e. The first-order valence-corrected chi connectivity index (χ1v) is 5.67. The molecule has 0 unspecified atom stereocenters. The van der Waals surface area contributed by atoms with E-state index < -0.39 is 0 Å². The van der Waals surface area contributed by atoms with E-state index in [-0.39, 0.29) is 5.91 Å². The molecule has 0 atom stereocenters. The zero-order valence-corrected chi connectivity index (χ0v) is 10.3. The summed E-state index contributed by atoms with van der Waals surface area (Å²) in [6, 6.07) is 4.70. The molecular weight excluding hydrogens is 247 g/mol. The van der Waals surface area contributed by atoms with Gasteiger partial charge in [-0.1, -0.05) is 36.5 Å². The molecule has 1 amide bonds. The Bertz CT molecular complexity index is 405. The molecule has 86 valence electrons. The molecule has 0 aliphatic rings. The number of benzene rings is 1. The number of hydrogen-bond donors (Lipinski definition) is 1. The Kier molecular flexibility index (Phi) is 5.29. The molecule has 1 aromatic rings. The van der Waals surface area contributed by atoms with Crippen molar-refractivity contribution in [3.63, 3.8) is 0 Å². The predicted octanol–water partition coefficient (Wildman–Crippen LogP) is 3.51. The highest BCUT2D eigenvalue weighted by atomic mass is 35.5. The van der Waals surface area contributed by atoms with Crippen LogP contribution in [0.2, 0.25) is 10.0 Å². The van der Waals surface area contributed by atoms with Gasteiger partial charge in [0.15, 0.2) is 0 Å². The molecule has 16 heavy (non-hydrogen) atoms. The fourth-order valence-electron chi connectivity index (χ4n) is 1.03. The Morgan fingerprint density at radius 1 is 1.50 bits per heavy atom. The van der Waals surface area contributed by atoms with Crippen molar-refractivity contribution in [2.45, 2.75) is 19.8 Å². The van der Waals surface area contributed by atoms with Crippen LogP contribution >= 0.6 is 23.2 Å². The number of halogens is 2. The van der Waals surface area contributed by atoms with Gasteiger partial charge in [0.05, 0.1) is 10.6 Å². The molecule has 0 aliphatic carbocycles. The Morgan fingerprint density at radius 2 is 2.25 bits per heavy atom. The lowest BCUT2D eigenvalue weighted by atomic mass is 10.2. The average Bonchev–Trinajstić information content (AvgIpc) is 2.24. The van der Waals surface area contributed by atoms with Gasteiger partial charge in [-0.25, -0.2) is 5.43 Å². The molecule has 3 nitrogen and oxygen atoms in total. The van der Waals surface area contributed by atoms with Gasteiger partial charge < -0.3 is 0 Å². The van der Waals surface area contributed by atoms with E-state index in [2.05, 4.69) is 10.5 Å². The molecule has 0 saturated heterocycles. The van der Waals surface area contributed by atoms with Crippen LogP contribution in [-0.2, 0) is 0 Å². The van der Waals surface area contributed by atoms with Crippen LogP contribution in [0.4, 0.5) is 0 Å². The minimum atomic E-state index is -0.339. The maximum absolute atomic E-state index is 11.6. The predicted molar refractivity (Wildman–Crippen MR) is 67.3 cm³/mol.